The van der Waals surface area contributed by atoms with Crippen molar-refractivity contribution in [1.82, 2.24) is 5.32 Å². The fourth-order valence-corrected chi connectivity index (χ4v) is 3.28. The average molecular weight is 275 g/mol. The summed E-state index contributed by atoms with van der Waals surface area (Å²) in [7, 11) is 0. The highest BCUT2D eigenvalue weighted by atomic mass is 16.4. The third-order valence-corrected chi connectivity index (χ3v) is 4.40. The zero-order valence-electron chi connectivity index (χ0n) is 12.4. The number of hydrogen-bond acceptors (Lipinski definition) is 2. The molecular weight excluding hydrogens is 250 g/mol. The molecule has 0 aliphatic heterocycles. The molecule has 1 aliphatic rings. The summed E-state index contributed by atoms with van der Waals surface area (Å²) < 4.78 is 0. The molecule has 0 saturated heterocycles. The number of rotatable bonds is 6. The van der Waals surface area contributed by atoms with Gasteiger partial charge in [0.2, 0.25) is 0 Å². The van der Waals surface area contributed by atoms with Gasteiger partial charge in [0.1, 0.15) is 0 Å². The Morgan fingerprint density at radius 1 is 1.30 bits per heavy atom. The molecular formula is C17H25NO2. The lowest BCUT2D eigenvalue weighted by Crippen LogP contribution is -2.33. The topological polar surface area (TPSA) is 49.3 Å². The molecule has 2 N–H and O–H groups in total. The first-order chi connectivity index (χ1) is 9.59. The van der Waals surface area contributed by atoms with Crippen molar-refractivity contribution < 1.29 is 9.90 Å². The second kappa shape index (κ2) is 6.89. The van der Waals surface area contributed by atoms with Crippen LogP contribution in [0.25, 0.3) is 0 Å². The maximum absolute atomic E-state index is 11.2. The molecule has 0 heterocycles. The van der Waals surface area contributed by atoms with Gasteiger partial charge in [-0.15, -0.1) is 0 Å². The number of carboxylic acid groups (broad SMARTS) is 1. The Labute approximate surface area is 121 Å². The maximum Gasteiger partial charge on any atom is 0.306 e. The molecule has 0 radical (unpaired) electrons. The highest BCUT2D eigenvalue weighted by Crippen LogP contribution is 2.32. The smallest absolute Gasteiger partial charge is 0.306 e. The van der Waals surface area contributed by atoms with Gasteiger partial charge in [-0.1, -0.05) is 50.6 Å². The second-order valence-corrected chi connectivity index (χ2v) is 6.18. The monoisotopic (exact) mass is 275 g/mol. The Kier molecular flexibility index (Phi) is 5.18. The van der Waals surface area contributed by atoms with E-state index in [0.29, 0.717) is 12.0 Å². The lowest BCUT2D eigenvalue weighted by molar-refractivity contribution is -0.142. The van der Waals surface area contributed by atoms with Crippen LogP contribution in [-0.2, 0) is 4.79 Å². The van der Waals surface area contributed by atoms with Crippen LogP contribution in [0.3, 0.4) is 0 Å². The standard InChI is InChI=1S/C17H25NO2/c1-12(2)16(13-7-4-3-5-8-13)18-11-14-9-6-10-15(14)17(19)20/h3-5,7-8,12,14-16,18H,6,9-11H2,1-2H3,(H,19,20). The van der Waals surface area contributed by atoms with Gasteiger partial charge in [-0.3, -0.25) is 4.79 Å². The molecule has 3 unspecified atom stereocenters. The van der Waals surface area contributed by atoms with E-state index < -0.39 is 5.97 Å². The molecule has 1 aromatic carbocycles. The molecule has 1 saturated carbocycles. The third-order valence-electron chi connectivity index (χ3n) is 4.40. The SMILES string of the molecule is CC(C)C(NCC1CCCC1C(=O)O)c1ccccc1. The van der Waals surface area contributed by atoms with Crippen molar-refractivity contribution in [2.75, 3.05) is 6.54 Å². The first-order valence-electron chi connectivity index (χ1n) is 7.60. The van der Waals surface area contributed by atoms with Crippen molar-refractivity contribution in [3.05, 3.63) is 35.9 Å². The Balaban J connectivity index is 1.98. The Bertz CT molecular complexity index is 430. The van der Waals surface area contributed by atoms with Crippen molar-refractivity contribution in [2.45, 2.75) is 39.2 Å². The average Bonchev–Trinajstić information content (AvgIpc) is 2.88. The van der Waals surface area contributed by atoms with Gasteiger partial charge in [0.15, 0.2) is 0 Å². The molecule has 0 amide bonds. The van der Waals surface area contributed by atoms with Gasteiger partial charge in [0.05, 0.1) is 5.92 Å². The van der Waals surface area contributed by atoms with Gasteiger partial charge >= 0.3 is 5.97 Å². The minimum Gasteiger partial charge on any atom is -0.481 e. The predicted octanol–water partition coefficient (Wildman–Crippen LogP) is 3.47. The van der Waals surface area contributed by atoms with Crippen LogP contribution in [-0.4, -0.2) is 17.6 Å². The van der Waals surface area contributed by atoms with E-state index in [9.17, 15) is 9.90 Å². The minimum absolute atomic E-state index is 0.161. The minimum atomic E-state index is -0.630. The van der Waals surface area contributed by atoms with Gasteiger partial charge in [-0.2, -0.15) is 0 Å². The van der Waals surface area contributed by atoms with E-state index >= 15 is 0 Å². The van der Waals surface area contributed by atoms with E-state index in [1.807, 2.05) is 6.07 Å². The van der Waals surface area contributed by atoms with Crippen LogP contribution >= 0.6 is 0 Å². The largest absolute Gasteiger partial charge is 0.481 e. The summed E-state index contributed by atoms with van der Waals surface area (Å²) in [6.45, 7) is 5.21. The molecule has 2 rings (SSSR count). The summed E-state index contributed by atoms with van der Waals surface area (Å²) in [6.07, 6.45) is 2.91. The van der Waals surface area contributed by atoms with Crippen molar-refractivity contribution >= 4 is 5.97 Å². The third kappa shape index (κ3) is 3.60. The molecule has 1 aliphatic carbocycles. The fraction of sp³-hybridized carbons (Fsp3) is 0.588. The van der Waals surface area contributed by atoms with Crippen LogP contribution in [0, 0.1) is 17.8 Å². The van der Waals surface area contributed by atoms with Crippen molar-refractivity contribution in [1.29, 1.82) is 0 Å². The number of hydrogen-bond donors (Lipinski definition) is 2. The van der Waals surface area contributed by atoms with E-state index in [-0.39, 0.29) is 11.8 Å². The van der Waals surface area contributed by atoms with Crippen LogP contribution in [0.4, 0.5) is 0 Å². The zero-order valence-corrected chi connectivity index (χ0v) is 12.4. The Morgan fingerprint density at radius 3 is 2.60 bits per heavy atom. The van der Waals surface area contributed by atoms with Crippen molar-refractivity contribution in [2.24, 2.45) is 17.8 Å². The second-order valence-electron chi connectivity index (χ2n) is 6.18. The van der Waals surface area contributed by atoms with Gasteiger partial charge in [0, 0.05) is 6.04 Å². The van der Waals surface area contributed by atoms with Crippen LogP contribution < -0.4 is 5.32 Å². The van der Waals surface area contributed by atoms with E-state index in [1.54, 1.807) is 0 Å². The normalized spacial score (nSPS) is 23.9. The molecule has 110 valence electrons. The molecule has 3 heteroatoms. The summed E-state index contributed by atoms with van der Waals surface area (Å²) in [4.78, 5) is 11.2. The molecule has 20 heavy (non-hydrogen) atoms. The van der Waals surface area contributed by atoms with E-state index in [1.165, 1.54) is 5.56 Å². The Hall–Kier alpha value is -1.35. The Morgan fingerprint density at radius 2 is 2.00 bits per heavy atom. The lowest BCUT2D eigenvalue weighted by Gasteiger charge is -2.26. The van der Waals surface area contributed by atoms with Crippen molar-refractivity contribution in [3.8, 4) is 0 Å². The molecule has 3 nitrogen and oxygen atoms in total. The van der Waals surface area contributed by atoms with Crippen molar-refractivity contribution in [3.63, 3.8) is 0 Å². The summed E-state index contributed by atoms with van der Waals surface area (Å²) in [5.74, 6) is -0.0271. The number of carbonyl (C=O) groups is 1. The van der Waals surface area contributed by atoms with E-state index in [2.05, 4.69) is 43.4 Å². The predicted molar refractivity (Wildman–Crippen MR) is 80.5 cm³/mol. The van der Waals surface area contributed by atoms with E-state index in [0.717, 1.165) is 25.8 Å². The molecule has 1 aromatic rings. The zero-order chi connectivity index (χ0) is 14.5. The highest BCUT2D eigenvalue weighted by molar-refractivity contribution is 5.70. The molecule has 1 fully saturated rings. The van der Waals surface area contributed by atoms with Crippen LogP contribution in [0.1, 0.15) is 44.7 Å². The van der Waals surface area contributed by atoms with Gasteiger partial charge in [-0.05, 0) is 36.8 Å². The van der Waals surface area contributed by atoms with E-state index in [4.69, 9.17) is 0 Å². The maximum atomic E-state index is 11.2. The first-order valence-corrected chi connectivity index (χ1v) is 7.60. The van der Waals surface area contributed by atoms with Crippen LogP contribution in [0.15, 0.2) is 30.3 Å². The summed E-state index contributed by atoms with van der Waals surface area (Å²) in [5.41, 5.74) is 1.28. The highest BCUT2D eigenvalue weighted by Gasteiger charge is 2.33. The fourth-order valence-electron chi connectivity index (χ4n) is 3.28. The van der Waals surface area contributed by atoms with Crippen LogP contribution in [0.2, 0.25) is 0 Å². The lowest BCUT2D eigenvalue weighted by atomic mass is 9.92. The summed E-state index contributed by atoms with van der Waals surface area (Å²) in [6, 6.07) is 10.7. The summed E-state index contributed by atoms with van der Waals surface area (Å²) >= 11 is 0. The van der Waals surface area contributed by atoms with Crippen LogP contribution in [0.5, 0.6) is 0 Å². The quantitative estimate of drug-likeness (QED) is 0.835. The van der Waals surface area contributed by atoms with Gasteiger partial charge in [-0.25, -0.2) is 0 Å². The summed E-state index contributed by atoms with van der Waals surface area (Å²) in [5, 5.41) is 12.8. The number of carboxylic acids is 1. The van der Waals surface area contributed by atoms with Gasteiger partial charge < -0.3 is 10.4 Å². The number of benzene rings is 1. The van der Waals surface area contributed by atoms with Gasteiger partial charge in [0.25, 0.3) is 0 Å². The molecule has 0 spiro atoms. The number of nitrogens with one attached hydrogen (secondary N) is 1. The molecule has 3 atom stereocenters. The first kappa shape index (κ1) is 15.0. The molecule has 0 bridgehead atoms. The number of aliphatic carboxylic acids is 1. The molecule has 0 aromatic heterocycles.